The van der Waals surface area contributed by atoms with Crippen LogP contribution in [0.15, 0.2) is 4.99 Å². The molecule has 0 aliphatic rings. The van der Waals surface area contributed by atoms with Gasteiger partial charge >= 0.3 is 7.82 Å². The number of nitrogens with zero attached hydrogens (tertiary/aromatic N) is 1. The second-order valence-corrected chi connectivity index (χ2v) is 4.75. The molecule has 0 aliphatic heterocycles. The summed E-state index contributed by atoms with van der Waals surface area (Å²) in [6, 6.07) is 0. The number of rotatable bonds is 7. The number of carbonyl (C=O) groups excluding carboxylic acids is 1. The molecule has 0 N–H and O–H groups in total. The monoisotopic (exact) mass is 237 g/mol. The van der Waals surface area contributed by atoms with E-state index >= 15 is 0 Å². The summed E-state index contributed by atoms with van der Waals surface area (Å²) in [7, 11) is -1.21. The molecule has 6 nitrogen and oxygen atoms in total. The van der Waals surface area contributed by atoms with Crippen molar-refractivity contribution >= 4 is 13.9 Å². The SMILES string of the molecule is CCC(C)C(N=C=O)OP(=O)(OC)OC. The highest BCUT2D eigenvalue weighted by Crippen LogP contribution is 2.49. The smallest absolute Gasteiger partial charge is 0.290 e. The quantitative estimate of drug-likeness (QED) is 0.385. The Hall–Kier alpha value is -0.510. The lowest BCUT2D eigenvalue weighted by Gasteiger charge is -2.21. The van der Waals surface area contributed by atoms with Gasteiger partial charge in [0.1, 0.15) is 0 Å². The van der Waals surface area contributed by atoms with E-state index in [1.807, 2.05) is 6.92 Å². The molecule has 0 aromatic heterocycles. The topological polar surface area (TPSA) is 74.2 Å². The third-order valence-corrected chi connectivity index (χ3v) is 3.36. The van der Waals surface area contributed by atoms with E-state index in [2.05, 4.69) is 14.0 Å². The van der Waals surface area contributed by atoms with Crippen molar-refractivity contribution in [1.29, 1.82) is 0 Å². The highest BCUT2D eigenvalue weighted by molar-refractivity contribution is 7.48. The number of aliphatic imine (C=N–C) groups is 1. The van der Waals surface area contributed by atoms with E-state index in [1.54, 1.807) is 6.92 Å². The molecule has 0 rings (SSSR count). The average Bonchev–Trinajstić information content (AvgIpc) is 2.27. The van der Waals surface area contributed by atoms with Crippen molar-refractivity contribution in [3.05, 3.63) is 0 Å². The Morgan fingerprint density at radius 2 is 1.93 bits per heavy atom. The maximum Gasteiger partial charge on any atom is 0.476 e. The summed E-state index contributed by atoms with van der Waals surface area (Å²) >= 11 is 0. The Bertz CT molecular complexity index is 268. The molecule has 0 saturated heterocycles. The molecule has 0 aromatic rings. The third-order valence-electron chi connectivity index (χ3n) is 1.99. The molecule has 0 amide bonds. The lowest BCUT2D eigenvalue weighted by Crippen LogP contribution is -2.18. The lowest BCUT2D eigenvalue weighted by atomic mass is 10.1. The minimum atomic E-state index is -3.61. The molecule has 7 heteroatoms. The Kier molecular flexibility index (Phi) is 6.65. The Labute approximate surface area is 89.2 Å². The molecule has 0 aliphatic carbocycles. The van der Waals surface area contributed by atoms with E-state index < -0.39 is 14.1 Å². The molecular weight excluding hydrogens is 221 g/mol. The Balaban J connectivity index is 4.67. The molecular formula is C8H16NO5P. The summed E-state index contributed by atoms with van der Waals surface area (Å²) in [4.78, 5) is 13.6. The van der Waals surface area contributed by atoms with Gasteiger partial charge in [-0.05, 0) is 6.42 Å². The number of hydrogen-bond donors (Lipinski definition) is 0. The van der Waals surface area contributed by atoms with Crippen molar-refractivity contribution in [3.8, 4) is 0 Å². The third kappa shape index (κ3) is 4.69. The fourth-order valence-electron chi connectivity index (χ4n) is 0.801. The molecule has 0 fully saturated rings. The number of phosphoric ester groups is 1. The number of hydrogen-bond acceptors (Lipinski definition) is 6. The molecule has 2 atom stereocenters. The van der Waals surface area contributed by atoms with Gasteiger partial charge in [0.25, 0.3) is 0 Å². The molecule has 0 radical (unpaired) electrons. The fraction of sp³-hybridized carbons (Fsp3) is 0.875. The Morgan fingerprint density at radius 3 is 2.27 bits per heavy atom. The first kappa shape index (κ1) is 14.5. The minimum Gasteiger partial charge on any atom is -0.290 e. The number of phosphoric acid groups is 1. The van der Waals surface area contributed by atoms with Crippen molar-refractivity contribution in [2.45, 2.75) is 26.5 Å². The van der Waals surface area contributed by atoms with Crippen LogP contribution in [-0.4, -0.2) is 26.5 Å². The predicted molar refractivity (Wildman–Crippen MR) is 54.1 cm³/mol. The minimum absolute atomic E-state index is 0.0786. The summed E-state index contributed by atoms with van der Waals surface area (Å²) in [5.74, 6) is -0.0786. The Morgan fingerprint density at radius 1 is 1.40 bits per heavy atom. The van der Waals surface area contributed by atoms with Gasteiger partial charge in [0.05, 0.1) is 0 Å². The maximum absolute atomic E-state index is 11.6. The zero-order chi connectivity index (χ0) is 11.9. The summed E-state index contributed by atoms with van der Waals surface area (Å²) < 4.78 is 25.8. The van der Waals surface area contributed by atoms with Gasteiger partial charge in [-0.15, -0.1) is 0 Å². The van der Waals surface area contributed by atoms with Gasteiger partial charge in [-0.25, -0.2) is 9.36 Å². The van der Waals surface area contributed by atoms with E-state index in [-0.39, 0.29) is 5.92 Å². The molecule has 0 saturated carbocycles. The van der Waals surface area contributed by atoms with Crippen molar-refractivity contribution in [2.24, 2.45) is 10.9 Å². The van der Waals surface area contributed by atoms with Crippen LogP contribution >= 0.6 is 7.82 Å². The van der Waals surface area contributed by atoms with Crippen molar-refractivity contribution in [2.75, 3.05) is 14.2 Å². The van der Waals surface area contributed by atoms with Crippen LogP contribution in [0.1, 0.15) is 20.3 Å². The van der Waals surface area contributed by atoms with Crippen molar-refractivity contribution < 1.29 is 22.9 Å². The molecule has 88 valence electrons. The van der Waals surface area contributed by atoms with E-state index in [0.717, 1.165) is 0 Å². The maximum atomic E-state index is 11.6. The zero-order valence-electron chi connectivity index (χ0n) is 9.30. The van der Waals surface area contributed by atoms with Gasteiger partial charge in [-0.1, -0.05) is 13.8 Å². The van der Waals surface area contributed by atoms with Crippen molar-refractivity contribution in [1.82, 2.24) is 0 Å². The standard InChI is InChI=1S/C8H16NO5P/c1-5-7(2)8(9-6-10)14-15(11,12-3)13-4/h7-8H,5H2,1-4H3. The van der Waals surface area contributed by atoms with Crippen LogP contribution in [0.4, 0.5) is 0 Å². The van der Waals surface area contributed by atoms with Crippen molar-refractivity contribution in [3.63, 3.8) is 0 Å². The van der Waals surface area contributed by atoms with E-state index in [9.17, 15) is 9.36 Å². The second-order valence-electron chi connectivity index (χ2n) is 2.91. The van der Waals surface area contributed by atoms with E-state index in [1.165, 1.54) is 20.3 Å². The summed E-state index contributed by atoms with van der Waals surface area (Å²) in [6.07, 6.45) is 1.22. The van der Waals surface area contributed by atoms with Crippen LogP contribution in [0, 0.1) is 5.92 Å². The summed E-state index contributed by atoms with van der Waals surface area (Å²) in [6.45, 7) is 3.70. The van der Waals surface area contributed by atoms with Gasteiger partial charge < -0.3 is 0 Å². The fourth-order valence-corrected chi connectivity index (χ4v) is 1.64. The van der Waals surface area contributed by atoms with Gasteiger partial charge in [-0.2, -0.15) is 4.99 Å². The van der Waals surface area contributed by atoms with Gasteiger partial charge in [-0.3, -0.25) is 13.6 Å². The van der Waals surface area contributed by atoms with Crippen LogP contribution in [0.25, 0.3) is 0 Å². The van der Waals surface area contributed by atoms with Crippen LogP contribution in [-0.2, 0) is 22.9 Å². The molecule has 0 heterocycles. The highest BCUT2D eigenvalue weighted by atomic mass is 31.2. The van der Waals surface area contributed by atoms with Crippen LogP contribution in [0.3, 0.4) is 0 Å². The van der Waals surface area contributed by atoms with E-state index in [4.69, 9.17) is 4.52 Å². The van der Waals surface area contributed by atoms with Gasteiger partial charge in [0.15, 0.2) is 6.23 Å². The second kappa shape index (κ2) is 6.88. The first-order chi connectivity index (χ1) is 7.02. The van der Waals surface area contributed by atoms with Crippen LogP contribution < -0.4 is 0 Å². The molecule has 0 aromatic carbocycles. The normalized spacial score (nSPS) is 15.5. The first-order valence-electron chi connectivity index (χ1n) is 4.49. The summed E-state index contributed by atoms with van der Waals surface area (Å²) in [5.41, 5.74) is 0. The first-order valence-corrected chi connectivity index (χ1v) is 5.96. The average molecular weight is 237 g/mol. The van der Waals surface area contributed by atoms with Gasteiger partial charge in [0.2, 0.25) is 6.08 Å². The molecule has 0 bridgehead atoms. The summed E-state index contributed by atoms with van der Waals surface area (Å²) in [5, 5.41) is 0. The number of isocyanates is 1. The van der Waals surface area contributed by atoms with Crippen LogP contribution in [0.2, 0.25) is 0 Å². The van der Waals surface area contributed by atoms with E-state index in [0.29, 0.717) is 6.42 Å². The molecule has 2 unspecified atom stereocenters. The molecule has 15 heavy (non-hydrogen) atoms. The highest BCUT2D eigenvalue weighted by Gasteiger charge is 2.30. The molecule has 0 spiro atoms. The van der Waals surface area contributed by atoms with Gasteiger partial charge in [0, 0.05) is 20.1 Å². The largest absolute Gasteiger partial charge is 0.476 e. The lowest BCUT2D eigenvalue weighted by molar-refractivity contribution is 0.0783. The van der Waals surface area contributed by atoms with Crippen LogP contribution in [0.5, 0.6) is 0 Å². The zero-order valence-corrected chi connectivity index (χ0v) is 10.2. The predicted octanol–water partition coefficient (Wildman–Crippen LogP) is 2.11.